The summed E-state index contributed by atoms with van der Waals surface area (Å²) >= 11 is 0. The van der Waals surface area contributed by atoms with E-state index in [0.29, 0.717) is 6.04 Å². The second kappa shape index (κ2) is 9.50. The van der Waals surface area contributed by atoms with Crippen molar-refractivity contribution in [3.05, 3.63) is 47.5 Å². The number of nitrogens with one attached hydrogen (secondary N) is 2. The molecule has 1 aliphatic rings. The van der Waals surface area contributed by atoms with Gasteiger partial charge in [-0.2, -0.15) is 0 Å². The van der Waals surface area contributed by atoms with Crippen LogP contribution in [0.15, 0.2) is 35.6 Å². The van der Waals surface area contributed by atoms with Crippen molar-refractivity contribution >= 4 is 5.96 Å². The molecule has 2 aromatic rings. The highest BCUT2D eigenvalue weighted by atomic mass is 15.3. The highest BCUT2D eigenvalue weighted by Crippen LogP contribution is 2.19. The zero-order valence-electron chi connectivity index (χ0n) is 16.6. The molecule has 7 nitrogen and oxygen atoms in total. The van der Waals surface area contributed by atoms with E-state index in [2.05, 4.69) is 73.4 Å². The van der Waals surface area contributed by atoms with Crippen molar-refractivity contribution in [2.24, 2.45) is 4.99 Å². The van der Waals surface area contributed by atoms with Gasteiger partial charge in [-0.3, -0.25) is 9.89 Å². The molecule has 0 spiro atoms. The molecule has 0 amide bonds. The van der Waals surface area contributed by atoms with E-state index in [0.717, 1.165) is 57.3 Å². The molecule has 1 aromatic carbocycles. The van der Waals surface area contributed by atoms with Gasteiger partial charge in [0.05, 0.1) is 0 Å². The number of hydrogen-bond donors (Lipinski definition) is 2. The third-order valence-electron chi connectivity index (χ3n) is 5.23. The fourth-order valence-electron chi connectivity index (χ4n) is 3.52. The molecule has 0 fully saturated rings. The Morgan fingerprint density at radius 2 is 2.07 bits per heavy atom. The topological polar surface area (TPSA) is 70.4 Å². The highest BCUT2D eigenvalue weighted by molar-refractivity contribution is 5.79. The maximum Gasteiger partial charge on any atom is 0.191 e. The molecule has 0 bridgehead atoms. The van der Waals surface area contributed by atoms with E-state index in [9.17, 15) is 0 Å². The second-order valence-electron chi connectivity index (χ2n) is 7.01. The molecule has 146 valence electrons. The molecule has 3 rings (SSSR count). The van der Waals surface area contributed by atoms with E-state index in [4.69, 9.17) is 0 Å². The molecule has 1 aromatic heterocycles. The van der Waals surface area contributed by atoms with Crippen molar-refractivity contribution in [1.29, 1.82) is 0 Å². The zero-order valence-corrected chi connectivity index (χ0v) is 16.6. The molecule has 0 aliphatic carbocycles. The van der Waals surface area contributed by atoms with Gasteiger partial charge in [0, 0.05) is 52.2 Å². The van der Waals surface area contributed by atoms with Gasteiger partial charge in [0.2, 0.25) is 0 Å². The first kappa shape index (κ1) is 19.4. The van der Waals surface area contributed by atoms with E-state index >= 15 is 0 Å². The van der Waals surface area contributed by atoms with E-state index in [-0.39, 0.29) is 0 Å². The standard InChI is InChI=1S/C20H31N7/c1-4-19-25-24-15-27(19)12-10-22-20(21-3)23-13-16(2)26-11-9-17-7-5-6-8-18(17)14-26/h5-8,15-16H,4,9-14H2,1-3H3,(H2,21,22,23). The predicted octanol–water partition coefficient (Wildman–Crippen LogP) is 1.45. The molecule has 0 saturated carbocycles. The summed E-state index contributed by atoms with van der Waals surface area (Å²) in [5, 5.41) is 14.9. The van der Waals surface area contributed by atoms with E-state index in [1.165, 1.54) is 11.1 Å². The molecule has 1 atom stereocenters. The maximum absolute atomic E-state index is 4.34. The van der Waals surface area contributed by atoms with Crippen molar-refractivity contribution in [2.75, 3.05) is 26.7 Å². The van der Waals surface area contributed by atoms with Crippen LogP contribution in [-0.4, -0.2) is 58.3 Å². The number of fused-ring (bicyclic) bond motifs is 1. The average molecular weight is 370 g/mol. The Bertz CT molecular complexity index is 752. The van der Waals surface area contributed by atoms with E-state index < -0.39 is 0 Å². The smallest absolute Gasteiger partial charge is 0.191 e. The second-order valence-corrected chi connectivity index (χ2v) is 7.01. The van der Waals surface area contributed by atoms with Crippen LogP contribution in [0.5, 0.6) is 0 Å². The number of guanidine groups is 1. The maximum atomic E-state index is 4.34. The Labute approximate surface area is 161 Å². The first-order chi connectivity index (χ1) is 13.2. The lowest BCUT2D eigenvalue weighted by atomic mass is 9.99. The predicted molar refractivity (Wildman–Crippen MR) is 109 cm³/mol. The minimum absolute atomic E-state index is 0.446. The van der Waals surface area contributed by atoms with Crippen LogP contribution >= 0.6 is 0 Å². The SMILES string of the molecule is CCc1nncn1CCNC(=NC)NCC(C)N1CCc2ccccc2C1. The fraction of sp³-hybridized carbons (Fsp3) is 0.550. The summed E-state index contributed by atoms with van der Waals surface area (Å²) in [6, 6.07) is 9.22. The van der Waals surface area contributed by atoms with Gasteiger partial charge in [0.1, 0.15) is 12.2 Å². The summed E-state index contributed by atoms with van der Waals surface area (Å²) in [6.45, 7) is 8.99. The van der Waals surface area contributed by atoms with Crippen molar-refractivity contribution in [3.63, 3.8) is 0 Å². The Morgan fingerprint density at radius 3 is 2.85 bits per heavy atom. The van der Waals surface area contributed by atoms with Gasteiger partial charge in [-0.15, -0.1) is 10.2 Å². The normalized spacial score (nSPS) is 16.0. The summed E-state index contributed by atoms with van der Waals surface area (Å²) in [7, 11) is 1.81. The summed E-state index contributed by atoms with van der Waals surface area (Å²) in [6.07, 6.45) is 3.81. The monoisotopic (exact) mass is 369 g/mol. The lowest BCUT2D eigenvalue weighted by molar-refractivity contribution is 0.191. The third-order valence-corrected chi connectivity index (χ3v) is 5.23. The summed E-state index contributed by atoms with van der Waals surface area (Å²) < 4.78 is 2.08. The van der Waals surface area contributed by atoms with Gasteiger partial charge in [0.15, 0.2) is 5.96 Å². The Balaban J connectivity index is 1.42. The molecular weight excluding hydrogens is 338 g/mol. The lowest BCUT2D eigenvalue weighted by Crippen LogP contribution is -2.47. The number of nitrogens with zero attached hydrogens (tertiary/aromatic N) is 5. The van der Waals surface area contributed by atoms with Crippen molar-refractivity contribution in [3.8, 4) is 0 Å². The fourth-order valence-corrected chi connectivity index (χ4v) is 3.52. The highest BCUT2D eigenvalue weighted by Gasteiger charge is 2.20. The number of hydrogen-bond acceptors (Lipinski definition) is 4. The van der Waals surface area contributed by atoms with E-state index in [1.54, 1.807) is 6.33 Å². The minimum Gasteiger partial charge on any atom is -0.355 e. The van der Waals surface area contributed by atoms with Gasteiger partial charge in [-0.1, -0.05) is 31.2 Å². The molecular formula is C20H31N7. The van der Waals surface area contributed by atoms with E-state index in [1.807, 2.05) is 7.05 Å². The van der Waals surface area contributed by atoms with Gasteiger partial charge in [-0.05, 0) is 24.5 Å². The van der Waals surface area contributed by atoms with Crippen LogP contribution in [-0.2, 0) is 25.9 Å². The molecule has 0 saturated heterocycles. The van der Waals surface area contributed by atoms with Crippen LogP contribution in [0.1, 0.15) is 30.8 Å². The quantitative estimate of drug-likeness (QED) is 0.571. The van der Waals surface area contributed by atoms with Crippen LogP contribution in [0.3, 0.4) is 0 Å². The number of aliphatic imine (C=N–C) groups is 1. The number of benzene rings is 1. The van der Waals surface area contributed by atoms with Crippen LogP contribution in [0.4, 0.5) is 0 Å². The lowest BCUT2D eigenvalue weighted by Gasteiger charge is -2.34. The van der Waals surface area contributed by atoms with Crippen LogP contribution < -0.4 is 10.6 Å². The Kier molecular flexibility index (Phi) is 6.81. The van der Waals surface area contributed by atoms with Crippen molar-refractivity contribution in [2.45, 2.75) is 45.8 Å². The van der Waals surface area contributed by atoms with Gasteiger partial charge in [-0.25, -0.2) is 0 Å². The Hall–Kier alpha value is -2.41. The van der Waals surface area contributed by atoms with Crippen LogP contribution in [0, 0.1) is 0 Å². The number of aromatic nitrogens is 3. The Morgan fingerprint density at radius 1 is 1.26 bits per heavy atom. The molecule has 1 aliphatic heterocycles. The largest absolute Gasteiger partial charge is 0.355 e. The number of aryl methyl sites for hydroxylation is 1. The molecule has 0 radical (unpaired) electrons. The number of rotatable bonds is 7. The third kappa shape index (κ3) is 5.07. The minimum atomic E-state index is 0.446. The molecule has 1 unspecified atom stereocenters. The first-order valence-corrected chi connectivity index (χ1v) is 9.83. The van der Waals surface area contributed by atoms with Gasteiger partial charge in [0.25, 0.3) is 0 Å². The van der Waals surface area contributed by atoms with Crippen LogP contribution in [0.25, 0.3) is 0 Å². The van der Waals surface area contributed by atoms with Crippen molar-refractivity contribution < 1.29 is 0 Å². The van der Waals surface area contributed by atoms with Gasteiger partial charge >= 0.3 is 0 Å². The van der Waals surface area contributed by atoms with Gasteiger partial charge < -0.3 is 15.2 Å². The van der Waals surface area contributed by atoms with Crippen molar-refractivity contribution in [1.82, 2.24) is 30.3 Å². The zero-order chi connectivity index (χ0) is 19.1. The molecule has 2 N–H and O–H groups in total. The average Bonchev–Trinajstić information content (AvgIpc) is 3.17. The summed E-state index contributed by atoms with van der Waals surface area (Å²) in [4.78, 5) is 6.87. The summed E-state index contributed by atoms with van der Waals surface area (Å²) in [5.41, 5.74) is 2.95. The molecule has 7 heteroatoms. The summed E-state index contributed by atoms with van der Waals surface area (Å²) in [5.74, 6) is 1.85. The molecule has 27 heavy (non-hydrogen) atoms. The first-order valence-electron chi connectivity index (χ1n) is 9.83. The molecule has 2 heterocycles. The van der Waals surface area contributed by atoms with Crippen LogP contribution in [0.2, 0.25) is 0 Å².